The number of rotatable bonds is 3. The van der Waals surface area contributed by atoms with Gasteiger partial charge in [0.1, 0.15) is 0 Å². The molecule has 1 fully saturated rings. The third-order valence-electron chi connectivity index (χ3n) is 2.84. The Bertz CT molecular complexity index is 317. The first-order valence-electron chi connectivity index (χ1n) is 5.31. The Labute approximate surface area is 94.1 Å². The summed E-state index contributed by atoms with van der Waals surface area (Å²) < 4.78 is 0. The van der Waals surface area contributed by atoms with E-state index in [0.29, 0.717) is 0 Å². The van der Waals surface area contributed by atoms with Gasteiger partial charge in [0.2, 0.25) is 0 Å². The predicted octanol–water partition coefficient (Wildman–Crippen LogP) is 1.22. The molecule has 0 saturated carbocycles. The minimum atomic E-state index is 0.0192. The molecular formula is C11H16N2OS. The Kier molecular flexibility index (Phi) is 3.51. The van der Waals surface area contributed by atoms with Crippen molar-refractivity contribution in [3.05, 3.63) is 22.4 Å². The van der Waals surface area contributed by atoms with Crippen LogP contribution in [0.2, 0.25) is 0 Å². The van der Waals surface area contributed by atoms with E-state index in [1.54, 1.807) is 0 Å². The fourth-order valence-electron chi connectivity index (χ4n) is 1.86. The number of ketones is 1. The third kappa shape index (κ3) is 2.45. The van der Waals surface area contributed by atoms with Gasteiger partial charge in [-0.15, -0.1) is 11.3 Å². The van der Waals surface area contributed by atoms with E-state index < -0.39 is 0 Å². The lowest BCUT2D eigenvalue weighted by molar-refractivity contribution is 0.0824. The number of nitrogens with one attached hydrogen (secondary N) is 1. The lowest BCUT2D eigenvalue weighted by atomic mass is 10.1. The summed E-state index contributed by atoms with van der Waals surface area (Å²) >= 11 is 1.53. The third-order valence-corrected chi connectivity index (χ3v) is 3.73. The van der Waals surface area contributed by atoms with Gasteiger partial charge in [0, 0.05) is 26.2 Å². The van der Waals surface area contributed by atoms with Crippen LogP contribution in [0.25, 0.3) is 0 Å². The molecule has 2 rings (SSSR count). The largest absolute Gasteiger partial charge is 0.314 e. The van der Waals surface area contributed by atoms with E-state index in [1.807, 2.05) is 24.4 Å². The summed E-state index contributed by atoms with van der Waals surface area (Å²) in [4.78, 5) is 15.2. The van der Waals surface area contributed by atoms with Gasteiger partial charge in [-0.1, -0.05) is 6.07 Å². The maximum absolute atomic E-state index is 12.1. The quantitative estimate of drug-likeness (QED) is 0.784. The zero-order valence-electron chi connectivity index (χ0n) is 8.90. The highest BCUT2D eigenvalue weighted by Crippen LogP contribution is 2.14. The average Bonchev–Trinajstić information content (AvgIpc) is 2.82. The van der Waals surface area contributed by atoms with Crippen molar-refractivity contribution in [3.8, 4) is 0 Å². The Balaban J connectivity index is 2.00. The molecule has 0 bridgehead atoms. The van der Waals surface area contributed by atoms with Crippen molar-refractivity contribution in [3.63, 3.8) is 0 Å². The number of hydrogen-bond acceptors (Lipinski definition) is 4. The highest BCUT2D eigenvalue weighted by atomic mass is 32.1. The number of carbonyl (C=O) groups is 1. The maximum atomic E-state index is 12.1. The molecule has 1 aliphatic heterocycles. The van der Waals surface area contributed by atoms with Crippen LogP contribution in [-0.4, -0.2) is 42.9 Å². The number of nitrogens with zero attached hydrogens (tertiary/aromatic N) is 1. The zero-order valence-corrected chi connectivity index (χ0v) is 9.72. The van der Waals surface area contributed by atoms with Crippen molar-refractivity contribution in [2.24, 2.45) is 0 Å². The van der Waals surface area contributed by atoms with Crippen LogP contribution >= 0.6 is 11.3 Å². The van der Waals surface area contributed by atoms with E-state index in [-0.39, 0.29) is 11.8 Å². The second kappa shape index (κ2) is 4.88. The molecular weight excluding hydrogens is 208 g/mol. The van der Waals surface area contributed by atoms with Gasteiger partial charge in [0.15, 0.2) is 5.78 Å². The van der Waals surface area contributed by atoms with Crippen LogP contribution in [0, 0.1) is 0 Å². The lowest BCUT2D eigenvalue weighted by Gasteiger charge is -2.31. The van der Waals surface area contributed by atoms with Crippen molar-refractivity contribution in [1.29, 1.82) is 0 Å². The SMILES string of the molecule is CC(C(=O)c1cccs1)N1CCNCC1. The highest BCUT2D eigenvalue weighted by Gasteiger charge is 2.23. The molecule has 3 nitrogen and oxygen atoms in total. The predicted molar refractivity (Wildman–Crippen MR) is 62.6 cm³/mol. The van der Waals surface area contributed by atoms with Crippen molar-refractivity contribution < 1.29 is 4.79 Å². The normalized spacial score (nSPS) is 20.1. The molecule has 1 aromatic heterocycles. The van der Waals surface area contributed by atoms with Crippen LogP contribution in [0.15, 0.2) is 17.5 Å². The number of Topliss-reactive ketones (excluding diaryl/α,β-unsaturated/α-hetero) is 1. The van der Waals surface area contributed by atoms with E-state index in [1.165, 1.54) is 11.3 Å². The molecule has 2 heterocycles. The van der Waals surface area contributed by atoms with E-state index in [4.69, 9.17) is 0 Å². The number of carbonyl (C=O) groups excluding carboxylic acids is 1. The van der Waals surface area contributed by atoms with E-state index in [9.17, 15) is 4.79 Å². The Hall–Kier alpha value is -0.710. The van der Waals surface area contributed by atoms with Crippen LogP contribution in [-0.2, 0) is 0 Å². The van der Waals surface area contributed by atoms with Gasteiger partial charge in [-0.2, -0.15) is 0 Å². The fourth-order valence-corrected chi connectivity index (χ4v) is 2.61. The molecule has 0 radical (unpaired) electrons. The molecule has 0 aliphatic carbocycles. The minimum Gasteiger partial charge on any atom is -0.314 e. The average molecular weight is 224 g/mol. The van der Waals surface area contributed by atoms with Crippen LogP contribution < -0.4 is 5.32 Å². The Morgan fingerprint density at radius 2 is 2.27 bits per heavy atom. The molecule has 4 heteroatoms. The molecule has 1 saturated heterocycles. The molecule has 0 aromatic carbocycles. The molecule has 1 unspecified atom stereocenters. The molecule has 0 amide bonds. The topological polar surface area (TPSA) is 32.3 Å². The standard InChI is InChI=1S/C11H16N2OS/c1-9(13-6-4-12-5-7-13)11(14)10-3-2-8-15-10/h2-3,8-9,12H,4-7H2,1H3. The number of thiophene rings is 1. The van der Waals surface area contributed by atoms with Crippen molar-refractivity contribution in [1.82, 2.24) is 10.2 Å². The van der Waals surface area contributed by atoms with E-state index in [2.05, 4.69) is 10.2 Å². The molecule has 1 aliphatic rings. The minimum absolute atomic E-state index is 0.0192. The summed E-state index contributed by atoms with van der Waals surface area (Å²) in [5.74, 6) is 0.256. The van der Waals surface area contributed by atoms with Crippen LogP contribution in [0.1, 0.15) is 16.6 Å². The van der Waals surface area contributed by atoms with Gasteiger partial charge in [-0.25, -0.2) is 0 Å². The van der Waals surface area contributed by atoms with Gasteiger partial charge in [-0.3, -0.25) is 9.69 Å². The van der Waals surface area contributed by atoms with Crippen LogP contribution in [0.3, 0.4) is 0 Å². The second-order valence-electron chi connectivity index (χ2n) is 3.80. The first-order valence-corrected chi connectivity index (χ1v) is 6.19. The van der Waals surface area contributed by atoms with Gasteiger partial charge < -0.3 is 5.32 Å². The van der Waals surface area contributed by atoms with Crippen molar-refractivity contribution in [2.45, 2.75) is 13.0 Å². The first kappa shape index (κ1) is 10.8. The van der Waals surface area contributed by atoms with Crippen LogP contribution in [0.4, 0.5) is 0 Å². The van der Waals surface area contributed by atoms with E-state index in [0.717, 1.165) is 31.1 Å². The first-order chi connectivity index (χ1) is 7.29. The monoisotopic (exact) mass is 224 g/mol. The Morgan fingerprint density at radius 1 is 1.53 bits per heavy atom. The number of hydrogen-bond donors (Lipinski definition) is 1. The molecule has 1 aromatic rings. The van der Waals surface area contributed by atoms with Gasteiger partial charge >= 0.3 is 0 Å². The summed E-state index contributed by atoms with van der Waals surface area (Å²) in [5, 5.41) is 5.25. The summed E-state index contributed by atoms with van der Waals surface area (Å²) in [5.41, 5.74) is 0. The fraction of sp³-hybridized carbons (Fsp3) is 0.545. The molecule has 1 atom stereocenters. The lowest BCUT2D eigenvalue weighted by Crippen LogP contribution is -2.49. The van der Waals surface area contributed by atoms with Gasteiger partial charge in [0.25, 0.3) is 0 Å². The summed E-state index contributed by atoms with van der Waals surface area (Å²) in [6.45, 7) is 5.92. The summed E-state index contributed by atoms with van der Waals surface area (Å²) in [6, 6.07) is 3.86. The van der Waals surface area contributed by atoms with Gasteiger partial charge in [-0.05, 0) is 18.4 Å². The summed E-state index contributed by atoms with van der Waals surface area (Å²) in [6.07, 6.45) is 0. The van der Waals surface area contributed by atoms with Crippen molar-refractivity contribution in [2.75, 3.05) is 26.2 Å². The molecule has 15 heavy (non-hydrogen) atoms. The molecule has 82 valence electrons. The number of piperazine rings is 1. The molecule has 0 spiro atoms. The van der Waals surface area contributed by atoms with E-state index >= 15 is 0 Å². The highest BCUT2D eigenvalue weighted by molar-refractivity contribution is 7.12. The van der Waals surface area contributed by atoms with Crippen molar-refractivity contribution >= 4 is 17.1 Å². The summed E-state index contributed by atoms with van der Waals surface area (Å²) in [7, 11) is 0. The second-order valence-corrected chi connectivity index (χ2v) is 4.75. The zero-order chi connectivity index (χ0) is 10.7. The molecule has 1 N–H and O–H groups in total. The maximum Gasteiger partial charge on any atom is 0.189 e. The smallest absolute Gasteiger partial charge is 0.189 e. The Morgan fingerprint density at radius 3 is 2.87 bits per heavy atom. The van der Waals surface area contributed by atoms with Crippen LogP contribution in [0.5, 0.6) is 0 Å². The van der Waals surface area contributed by atoms with Gasteiger partial charge in [0.05, 0.1) is 10.9 Å².